The molecule has 0 bridgehead atoms. The number of ether oxygens (including phenoxy) is 1. The van der Waals surface area contributed by atoms with Crippen LogP contribution < -0.4 is 10.6 Å². The van der Waals surface area contributed by atoms with Crippen LogP contribution in [-0.4, -0.2) is 56.4 Å². The molecular weight excluding hydrogens is 310 g/mol. The third-order valence-corrected chi connectivity index (χ3v) is 4.59. The summed E-state index contributed by atoms with van der Waals surface area (Å²) in [6.07, 6.45) is 0.808. The Labute approximate surface area is 134 Å². The number of nitrogens with one attached hydrogen (secondary N) is 2. The smallest absolute Gasteiger partial charge is 0.315 e. The molecule has 1 atom stereocenters. The van der Waals surface area contributed by atoms with Crippen molar-refractivity contribution in [3.8, 4) is 0 Å². The van der Waals surface area contributed by atoms with Gasteiger partial charge in [0.15, 0.2) is 0 Å². The average Bonchev–Trinajstić information content (AvgIpc) is 2.85. The number of hydrogen-bond acceptors (Lipinski definition) is 4. The highest BCUT2D eigenvalue weighted by Crippen LogP contribution is 2.21. The van der Waals surface area contributed by atoms with Gasteiger partial charge in [0.25, 0.3) is 0 Å². The largest absolute Gasteiger partial charge is 0.379 e. The monoisotopic (exact) mass is 331 g/mol. The normalized spacial score (nSPS) is 17.4. The molecule has 2 heterocycles. The van der Waals surface area contributed by atoms with E-state index in [1.54, 1.807) is 11.3 Å². The molecule has 0 spiro atoms. The molecule has 0 radical (unpaired) electrons. The lowest BCUT2D eigenvalue weighted by molar-refractivity contribution is 0.0349. The maximum absolute atomic E-state index is 11.8. The number of rotatable bonds is 6. The summed E-state index contributed by atoms with van der Waals surface area (Å²) in [4.78, 5) is 15.3. The molecular formula is C14H22ClN3O2S. The first-order valence-corrected chi connectivity index (χ1v) is 8.41. The van der Waals surface area contributed by atoms with Crippen molar-refractivity contribution in [2.75, 3.05) is 39.4 Å². The Morgan fingerprint density at radius 3 is 2.90 bits per heavy atom. The molecule has 118 valence electrons. The lowest BCUT2D eigenvalue weighted by Crippen LogP contribution is -2.48. The van der Waals surface area contributed by atoms with Crippen molar-refractivity contribution in [3.63, 3.8) is 0 Å². The van der Waals surface area contributed by atoms with E-state index in [1.807, 2.05) is 19.1 Å². The van der Waals surface area contributed by atoms with Gasteiger partial charge in [-0.2, -0.15) is 0 Å². The minimum atomic E-state index is -0.113. The maximum Gasteiger partial charge on any atom is 0.315 e. The van der Waals surface area contributed by atoms with Crippen LogP contribution in [0.2, 0.25) is 4.34 Å². The van der Waals surface area contributed by atoms with E-state index in [4.69, 9.17) is 16.3 Å². The average molecular weight is 332 g/mol. The second-order valence-corrected chi connectivity index (χ2v) is 6.97. The molecule has 2 amide bonds. The molecule has 21 heavy (non-hydrogen) atoms. The van der Waals surface area contributed by atoms with Gasteiger partial charge >= 0.3 is 6.03 Å². The van der Waals surface area contributed by atoms with Crippen LogP contribution in [0.15, 0.2) is 12.1 Å². The first-order valence-electron chi connectivity index (χ1n) is 7.22. The Morgan fingerprint density at radius 1 is 1.48 bits per heavy atom. The second kappa shape index (κ2) is 8.58. The zero-order chi connectivity index (χ0) is 15.1. The van der Waals surface area contributed by atoms with Gasteiger partial charge in [0.2, 0.25) is 0 Å². The van der Waals surface area contributed by atoms with E-state index < -0.39 is 0 Å². The number of urea groups is 1. The van der Waals surface area contributed by atoms with Crippen LogP contribution in [-0.2, 0) is 11.2 Å². The minimum Gasteiger partial charge on any atom is -0.379 e. The van der Waals surface area contributed by atoms with E-state index in [1.165, 1.54) is 4.88 Å². The van der Waals surface area contributed by atoms with Crippen LogP contribution in [0.25, 0.3) is 0 Å². The molecule has 0 saturated carbocycles. The van der Waals surface area contributed by atoms with Crippen LogP contribution in [0.1, 0.15) is 11.8 Å². The van der Waals surface area contributed by atoms with Crippen molar-refractivity contribution in [1.82, 2.24) is 15.5 Å². The van der Waals surface area contributed by atoms with Crippen molar-refractivity contribution >= 4 is 29.0 Å². The van der Waals surface area contributed by atoms with Crippen LogP contribution in [0.4, 0.5) is 4.79 Å². The van der Waals surface area contributed by atoms with Crippen LogP contribution >= 0.6 is 22.9 Å². The lowest BCUT2D eigenvalue weighted by atomic mass is 10.3. The predicted octanol–water partition coefficient (Wildman–Crippen LogP) is 1.96. The summed E-state index contributed by atoms with van der Waals surface area (Å²) in [5.41, 5.74) is 0. The summed E-state index contributed by atoms with van der Waals surface area (Å²) in [6, 6.07) is 3.89. The molecule has 2 N–H and O–H groups in total. The van der Waals surface area contributed by atoms with Crippen molar-refractivity contribution in [3.05, 3.63) is 21.3 Å². The van der Waals surface area contributed by atoms with E-state index >= 15 is 0 Å². The Bertz CT molecular complexity index is 449. The molecule has 1 aromatic rings. The Balaban J connectivity index is 1.59. The molecule has 1 aliphatic heterocycles. The predicted molar refractivity (Wildman–Crippen MR) is 86.3 cm³/mol. The number of carbonyl (C=O) groups excluding carboxylic acids is 1. The lowest BCUT2D eigenvalue weighted by Gasteiger charge is -2.29. The standard InChI is InChI=1S/C14H22ClN3O2S/c1-11(10-18-6-8-20-9-7-18)17-14(19)16-5-4-12-2-3-13(15)21-12/h2-3,11H,4-10H2,1H3,(H2,16,17,19)/t11-/m1/s1. The molecule has 7 heteroatoms. The molecule has 1 fully saturated rings. The van der Waals surface area contributed by atoms with Gasteiger partial charge in [0.1, 0.15) is 0 Å². The second-order valence-electron chi connectivity index (χ2n) is 5.17. The number of halogens is 1. The highest BCUT2D eigenvalue weighted by Gasteiger charge is 2.14. The van der Waals surface area contributed by atoms with Crippen LogP contribution in [0.5, 0.6) is 0 Å². The van der Waals surface area contributed by atoms with Gasteiger partial charge in [-0.3, -0.25) is 4.90 Å². The van der Waals surface area contributed by atoms with Gasteiger partial charge in [0.05, 0.1) is 17.6 Å². The van der Waals surface area contributed by atoms with Crippen molar-refractivity contribution in [1.29, 1.82) is 0 Å². The summed E-state index contributed by atoms with van der Waals surface area (Å²) in [7, 11) is 0. The molecule has 5 nitrogen and oxygen atoms in total. The van der Waals surface area contributed by atoms with E-state index in [0.717, 1.165) is 43.6 Å². The molecule has 2 rings (SSSR count). The van der Waals surface area contributed by atoms with E-state index in [9.17, 15) is 4.79 Å². The summed E-state index contributed by atoms with van der Waals surface area (Å²) < 4.78 is 6.10. The van der Waals surface area contributed by atoms with Gasteiger partial charge in [-0.1, -0.05) is 11.6 Å². The first-order chi connectivity index (χ1) is 10.1. The number of amides is 2. The number of hydrogen-bond donors (Lipinski definition) is 2. The van der Waals surface area contributed by atoms with Gasteiger partial charge in [0, 0.05) is 37.1 Å². The first kappa shape index (κ1) is 16.5. The number of carbonyl (C=O) groups is 1. The SMILES string of the molecule is C[C@H](CN1CCOCC1)NC(=O)NCCc1ccc(Cl)s1. The van der Waals surface area contributed by atoms with Crippen LogP contribution in [0.3, 0.4) is 0 Å². The van der Waals surface area contributed by atoms with Gasteiger partial charge < -0.3 is 15.4 Å². The Morgan fingerprint density at radius 2 is 2.24 bits per heavy atom. The molecule has 0 unspecified atom stereocenters. The maximum atomic E-state index is 11.8. The highest BCUT2D eigenvalue weighted by molar-refractivity contribution is 7.16. The summed E-state index contributed by atoms with van der Waals surface area (Å²) >= 11 is 7.42. The topological polar surface area (TPSA) is 53.6 Å². The van der Waals surface area contributed by atoms with E-state index in [2.05, 4.69) is 15.5 Å². The zero-order valence-corrected chi connectivity index (χ0v) is 13.8. The van der Waals surface area contributed by atoms with E-state index in [-0.39, 0.29) is 12.1 Å². The van der Waals surface area contributed by atoms with Gasteiger partial charge in [-0.15, -0.1) is 11.3 Å². The molecule has 0 aliphatic carbocycles. The Kier molecular flexibility index (Phi) is 6.76. The number of morpholine rings is 1. The summed E-state index contributed by atoms with van der Waals surface area (Å²) in [5.74, 6) is 0. The number of thiophene rings is 1. The van der Waals surface area contributed by atoms with Crippen LogP contribution in [0, 0.1) is 0 Å². The summed E-state index contributed by atoms with van der Waals surface area (Å²) in [6.45, 7) is 6.93. The molecule has 1 saturated heterocycles. The van der Waals surface area contributed by atoms with Gasteiger partial charge in [-0.05, 0) is 25.5 Å². The fraction of sp³-hybridized carbons (Fsp3) is 0.643. The van der Waals surface area contributed by atoms with E-state index in [0.29, 0.717) is 6.54 Å². The molecule has 1 aliphatic rings. The third kappa shape index (κ3) is 6.22. The summed E-state index contributed by atoms with van der Waals surface area (Å²) in [5, 5.41) is 5.84. The fourth-order valence-corrected chi connectivity index (χ4v) is 3.36. The quantitative estimate of drug-likeness (QED) is 0.838. The van der Waals surface area contributed by atoms with Crippen molar-refractivity contribution < 1.29 is 9.53 Å². The number of nitrogens with zero attached hydrogens (tertiary/aromatic N) is 1. The molecule has 0 aromatic carbocycles. The highest BCUT2D eigenvalue weighted by atomic mass is 35.5. The van der Waals surface area contributed by atoms with Crippen molar-refractivity contribution in [2.24, 2.45) is 0 Å². The third-order valence-electron chi connectivity index (χ3n) is 3.30. The zero-order valence-electron chi connectivity index (χ0n) is 12.2. The molecule has 1 aromatic heterocycles. The van der Waals surface area contributed by atoms with Crippen molar-refractivity contribution in [2.45, 2.75) is 19.4 Å². The fourth-order valence-electron chi connectivity index (χ4n) is 2.28. The minimum absolute atomic E-state index is 0.113. The van der Waals surface area contributed by atoms with Gasteiger partial charge in [-0.25, -0.2) is 4.79 Å². The Hall–Kier alpha value is -0.820.